The molecule has 11 heteroatoms. The second kappa shape index (κ2) is 10.1. The molecular formula is C25H26ClN5O4S. The van der Waals surface area contributed by atoms with Crippen LogP contribution in [0.15, 0.2) is 24.5 Å². The molecule has 0 bridgehead atoms. The van der Waals surface area contributed by atoms with Gasteiger partial charge in [0.05, 0.1) is 36.7 Å². The molecule has 0 aromatic carbocycles. The zero-order valence-electron chi connectivity index (χ0n) is 19.9. The van der Waals surface area contributed by atoms with E-state index in [1.54, 1.807) is 12.1 Å². The van der Waals surface area contributed by atoms with Crippen LogP contribution in [-0.2, 0) is 17.6 Å². The maximum absolute atomic E-state index is 13.3. The molecule has 188 valence electrons. The van der Waals surface area contributed by atoms with Crippen LogP contribution in [0, 0.1) is 12.8 Å². The number of hydrogen-bond donors (Lipinski definition) is 3. The zero-order chi connectivity index (χ0) is 25.4. The molecule has 0 saturated heterocycles. The van der Waals surface area contributed by atoms with E-state index in [1.165, 1.54) is 30.8 Å². The van der Waals surface area contributed by atoms with Crippen LogP contribution < -0.4 is 15.4 Å². The minimum absolute atomic E-state index is 0.0243. The molecule has 9 nitrogen and oxygen atoms in total. The van der Waals surface area contributed by atoms with Crippen LogP contribution >= 0.6 is 22.9 Å². The number of thiazole rings is 1. The average Bonchev–Trinajstić information content (AvgIpc) is 3.27. The largest absolute Gasteiger partial charge is 0.494 e. The molecule has 1 fully saturated rings. The number of carbonyl (C=O) groups excluding carboxylic acids is 2. The highest BCUT2D eigenvalue weighted by Gasteiger charge is 2.34. The number of carbonyl (C=O) groups is 2. The monoisotopic (exact) mass is 527 g/mol. The summed E-state index contributed by atoms with van der Waals surface area (Å²) in [5, 5.41) is 16.4. The van der Waals surface area contributed by atoms with E-state index >= 15 is 0 Å². The lowest BCUT2D eigenvalue weighted by molar-refractivity contribution is -0.128. The molecular weight excluding hydrogens is 502 g/mol. The highest BCUT2D eigenvalue weighted by molar-refractivity contribution is 7.15. The van der Waals surface area contributed by atoms with Gasteiger partial charge in [-0.2, -0.15) is 0 Å². The molecule has 2 aliphatic carbocycles. The summed E-state index contributed by atoms with van der Waals surface area (Å²) < 4.78 is 5.44. The van der Waals surface area contributed by atoms with Gasteiger partial charge in [0.2, 0.25) is 5.91 Å². The lowest BCUT2D eigenvalue weighted by Crippen LogP contribution is -2.52. The van der Waals surface area contributed by atoms with Crippen LogP contribution in [-0.4, -0.2) is 51.1 Å². The topological polar surface area (TPSA) is 126 Å². The first-order valence-corrected chi connectivity index (χ1v) is 13.0. The molecule has 3 aromatic rings. The standard InChI is InChI=1S/C25H26ClN5O4S/c1-12-7-14(15-9-22(26)28-11-20(15)35-2)16(10-27-12)24(34)31-25-30-18-4-3-13(8-21(18)36-25)23(33)29-17-5-6-19(17)32/h7,9-11,13,17,19,32H,3-6,8H2,1-2H3,(H,29,33)(H,30,31,34)/t13?,17-,19+/m0/s1. The maximum Gasteiger partial charge on any atom is 0.259 e. The predicted octanol–water partition coefficient (Wildman–Crippen LogP) is 3.57. The Labute approximate surface area is 217 Å². The number of aromatic nitrogens is 3. The molecule has 1 saturated carbocycles. The first kappa shape index (κ1) is 24.6. The quantitative estimate of drug-likeness (QED) is 0.418. The van der Waals surface area contributed by atoms with Crippen molar-refractivity contribution in [3.63, 3.8) is 0 Å². The molecule has 0 radical (unpaired) electrons. The fourth-order valence-electron chi connectivity index (χ4n) is 4.52. The summed E-state index contributed by atoms with van der Waals surface area (Å²) in [6.07, 6.45) is 6.07. The van der Waals surface area contributed by atoms with Gasteiger partial charge in [-0.25, -0.2) is 9.97 Å². The van der Waals surface area contributed by atoms with E-state index in [0.717, 1.165) is 29.1 Å². The molecule has 2 aliphatic rings. The first-order valence-electron chi connectivity index (χ1n) is 11.8. The summed E-state index contributed by atoms with van der Waals surface area (Å²) in [4.78, 5) is 40.0. The molecule has 5 rings (SSSR count). The van der Waals surface area contributed by atoms with Crippen LogP contribution in [0.2, 0.25) is 5.15 Å². The number of anilines is 1. The van der Waals surface area contributed by atoms with Gasteiger partial charge in [0.25, 0.3) is 5.91 Å². The Balaban J connectivity index is 1.34. The minimum Gasteiger partial charge on any atom is -0.494 e. The van der Waals surface area contributed by atoms with Crippen LogP contribution in [0.5, 0.6) is 5.75 Å². The number of nitrogens with one attached hydrogen (secondary N) is 2. The van der Waals surface area contributed by atoms with E-state index < -0.39 is 6.10 Å². The molecule has 3 N–H and O–H groups in total. The molecule has 3 heterocycles. The number of ether oxygens (including phenoxy) is 1. The fourth-order valence-corrected chi connectivity index (χ4v) is 5.76. The number of rotatable bonds is 6. The van der Waals surface area contributed by atoms with Gasteiger partial charge >= 0.3 is 0 Å². The molecule has 0 aliphatic heterocycles. The van der Waals surface area contributed by atoms with Crippen molar-refractivity contribution in [2.24, 2.45) is 5.92 Å². The lowest BCUT2D eigenvalue weighted by atomic mass is 9.86. The SMILES string of the molecule is COc1cnc(Cl)cc1-c1cc(C)ncc1C(=O)Nc1nc2c(s1)CC(C(=O)N[C@H]1CC[C@H]1O)CC2. The summed E-state index contributed by atoms with van der Waals surface area (Å²) in [5.41, 5.74) is 3.26. The number of fused-ring (bicyclic) bond motifs is 1. The number of aryl methyl sites for hydroxylation is 2. The number of pyridine rings is 2. The van der Waals surface area contributed by atoms with E-state index in [0.29, 0.717) is 46.8 Å². The molecule has 3 aromatic heterocycles. The van der Waals surface area contributed by atoms with Crippen LogP contribution in [0.1, 0.15) is 45.9 Å². The normalized spacial score (nSPS) is 20.7. The Bertz CT molecular complexity index is 1330. The number of halogens is 1. The van der Waals surface area contributed by atoms with Crippen molar-refractivity contribution in [1.82, 2.24) is 20.3 Å². The van der Waals surface area contributed by atoms with Gasteiger partial charge in [-0.3, -0.25) is 19.9 Å². The third-order valence-corrected chi connectivity index (χ3v) is 7.97. The van der Waals surface area contributed by atoms with Crippen LogP contribution in [0.25, 0.3) is 11.1 Å². The van der Waals surface area contributed by atoms with Crippen molar-refractivity contribution >= 4 is 39.9 Å². The van der Waals surface area contributed by atoms with Crippen molar-refractivity contribution in [2.75, 3.05) is 12.4 Å². The van der Waals surface area contributed by atoms with E-state index in [9.17, 15) is 14.7 Å². The third-order valence-electron chi connectivity index (χ3n) is 6.73. The summed E-state index contributed by atoms with van der Waals surface area (Å²) >= 11 is 7.52. The van der Waals surface area contributed by atoms with E-state index in [1.807, 2.05) is 6.92 Å². The van der Waals surface area contributed by atoms with Crippen LogP contribution in [0.3, 0.4) is 0 Å². The average molecular weight is 528 g/mol. The summed E-state index contributed by atoms with van der Waals surface area (Å²) in [5.74, 6) is -0.0517. The van der Waals surface area contributed by atoms with Gasteiger partial charge in [-0.1, -0.05) is 11.6 Å². The Morgan fingerprint density at radius 3 is 2.72 bits per heavy atom. The van der Waals surface area contributed by atoms with Gasteiger partial charge < -0.3 is 15.2 Å². The van der Waals surface area contributed by atoms with Gasteiger partial charge in [-0.05, 0) is 51.2 Å². The fraction of sp³-hybridized carbons (Fsp3) is 0.400. The Kier molecular flexibility index (Phi) is 6.92. The van der Waals surface area contributed by atoms with Crippen LogP contribution in [0.4, 0.5) is 5.13 Å². The summed E-state index contributed by atoms with van der Waals surface area (Å²) in [7, 11) is 1.53. The Morgan fingerprint density at radius 2 is 2.00 bits per heavy atom. The zero-order valence-corrected chi connectivity index (χ0v) is 21.4. The summed E-state index contributed by atoms with van der Waals surface area (Å²) in [6.45, 7) is 1.84. The lowest BCUT2D eigenvalue weighted by Gasteiger charge is -2.34. The molecule has 3 atom stereocenters. The second-order valence-corrected chi connectivity index (χ2v) is 10.6. The van der Waals surface area contributed by atoms with Crippen molar-refractivity contribution in [3.05, 3.63) is 51.5 Å². The minimum atomic E-state index is -0.442. The molecule has 0 spiro atoms. The number of hydrogen-bond acceptors (Lipinski definition) is 8. The second-order valence-electron chi connectivity index (χ2n) is 9.12. The van der Waals surface area contributed by atoms with E-state index in [-0.39, 0.29) is 28.9 Å². The summed E-state index contributed by atoms with van der Waals surface area (Å²) in [6, 6.07) is 3.32. The van der Waals surface area contributed by atoms with E-state index in [4.69, 9.17) is 16.3 Å². The number of aliphatic hydroxyl groups is 1. The number of methoxy groups -OCH3 is 1. The van der Waals surface area contributed by atoms with Crippen molar-refractivity contribution in [3.8, 4) is 16.9 Å². The van der Waals surface area contributed by atoms with Crippen molar-refractivity contribution < 1.29 is 19.4 Å². The smallest absolute Gasteiger partial charge is 0.259 e. The molecule has 2 amide bonds. The van der Waals surface area contributed by atoms with Gasteiger partial charge in [0, 0.05) is 33.8 Å². The first-order chi connectivity index (χ1) is 17.3. The number of amides is 2. The highest BCUT2D eigenvalue weighted by atomic mass is 35.5. The van der Waals surface area contributed by atoms with Crippen molar-refractivity contribution in [2.45, 2.75) is 51.2 Å². The Morgan fingerprint density at radius 1 is 1.17 bits per heavy atom. The third kappa shape index (κ3) is 4.93. The van der Waals surface area contributed by atoms with Gasteiger partial charge in [0.1, 0.15) is 10.9 Å². The maximum atomic E-state index is 13.3. The molecule has 36 heavy (non-hydrogen) atoms. The van der Waals surface area contributed by atoms with Gasteiger partial charge in [-0.15, -0.1) is 11.3 Å². The predicted molar refractivity (Wildman–Crippen MR) is 137 cm³/mol. The van der Waals surface area contributed by atoms with Gasteiger partial charge in [0.15, 0.2) is 5.13 Å². The number of nitrogens with zero attached hydrogens (tertiary/aromatic N) is 3. The van der Waals surface area contributed by atoms with Crippen molar-refractivity contribution in [1.29, 1.82) is 0 Å². The highest BCUT2D eigenvalue weighted by Crippen LogP contribution is 2.36. The van der Waals surface area contributed by atoms with E-state index in [2.05, 4.69) is 25.6 Å². The Hall–Kier alpha value is -3.08. The molecule has 1 unspecified atom stereocenters. The number of aliphatic hydroxyl groups excluding tert-OH is 1.